The Bertz CT molecular complexity index is 550. The number of carbonyl (C=O) groups excluding carboxylic acids is 1. The van der Waals surface area contributed by atoms with Crippen molar-refractivity contribution in [2.45, 2.75) is 4.90 Å². The highest BCUT2D eigenvalue weighted by atomic mass is 32.2. The second-order valence-corrected chi connectivity index (χ2v) is 5.19. The Kier molecular flexibility index (Phi) is 4.40. The van der Waals surface area contributed by atoms with Crippen molar-refractivity contribution in [3.8, 4) is 0 Å². The summed E-state index contributed by atoms with van der Waals surface area (Å²) in [5.41, 5.74) is 0.186. The van der Waals surface area contributed by atoms with Crippen molar-refractivity contribution in [3.63, 3.8) is 0 Å². The monoisotopic (exact) mass is 272 g/mol. The summed E-state index contributed by atoms with van der Waals surface area (Å²) >= 11 is 0. The fourth-order valence-corrected chi connectivity index (χ4v) is 1.89. The minimum atomic E-state index is -3.54. The van der Waals surface area contributed by atoms with Crippen LogP contribution in [0.2, 0.25) is 0 Å². The molecule has 0 aliphatic rings. The van der Waals surface area contributed by atoms with E-state index in [1.807, 2.05) is 0 Å². The average Bonchev–Trinajstić information content (AvgIpc) is 2.36. The van der Waals surface area contributed by atoms with Crippen LogP contribution in [0, 0.1) is 0 Å². The summed E-state index contributed by atoms with van der Waals surface area (Å²) in [6.45, 7) is -0.491. The molecule has 0 fully saturated rings. The van der Waals surface area contributed by atoms with Crippen LogP contribution in [0.3, 0.4) is 0 Å². The molecule has 7 nitrogen and oxygen atoms in total. The van der Waals surface area contributed by atoms with E-state index in [9.17, 15) is 18.0 Å². The van der Waals surface area contributed by atoms with Gasteiger partial charge >= 0.3 is 5.97 Å². The number of carboxylic acids is 1. The molecule has 0 saturated carbocycles. The van der Waals surface area contributed by atoms with Crippen LogP contribution in [0.25, 0.3) is 0 Å². The van der Waals surface area contributed by atoms with Gasteiger partial charge in [-0.2, -0.15) is 0 Å². The summed E-state index contributed by atoms with van der Waals surface area (Å²) in [6.07, 6.45) is 0. The highest BCUT2D eigenvalue weighted by molar-refractivity contribution is 7.89. The number of aliphatic carboxylic acids is 1. The Balaban J connectivity index is 2.83. The number of benzene rings is 1. The first-order valence-electron chi connectivity index (χ1n) is 4.90. The molecule has 1 amide bonds. The SMILES string of the molecule is CNS(=O)(=O)c1ccc(C(=O)NCC(=O)O)cc1. The zero-order chi connectivity index (χ0) is 13.8. The molecule has 0 unspecified atom stereocenters. The van der Waals surface area contributed by atoms with E-state index in [1.54, 1.807) is 0 Å². The van der Waals surface area contributed by atoms with Crippen molar-refractivity contribution >= 4 is 21.9 Å². The largest absolute Gasteiger partial charge is 0.480 e. The molecule has 1 aromatic carbocycles. The molecular formula is C10H12N2O5S. The number of rotatable bonds is 5. The lowest BCUT2D eigenvalue weighted by atomic mass is 10.2. The van der Waals surface area contributed by atoms with Crippen molar-refractivity contribution < 1.29 is 23.1 Å². The Morgan fingerprint density at radius 2 is 1.78 bits per heavy atom. The zero-order valence-corrected chi connectivity index (χ0v) is 10.3. The summed E-state index contributed by atoms with van der Waals surface area (Å²) in [4.78, 5) is 21.7. The number of sulfonamides is 1. The van der Waals surface area contributed by atoms with Crippen LogP contribution >= 0.6 is 0 Å². The molecule has 0 bridgehead atoms. The van der Waals surface area contributed by atoms with Crippen LogP contribution in [0.4, 0.5) is 0 Å². The van der Waals surface area contributed by atoms with Gasteiger partial charge in [0.1, 0.15) is 6.54 Å². The van der Waals surface area contributed by atoms with Crippen molar-refractivity contribution in [1.29, 1.82) is 0 Å². The first-order chi connectivity index (χ1) is 8.36. The smallest absolute Gasteiger partial charge is 0.322 e. The molecule has 0 spiro atoms. The molecule has 0 heterocycles. The minimum absolute atomic E-state index is 0.0276. The van der Waals surface area contributed by atoms with Gasteiger partial charge in [-0.1, -0.05) is 0 Å². The fourth-order valence-electron chi connectivity index (χ4n) is 1.16. The number of carbonyl (C=O) groups is 2. The van der Waals surface area contributed by atoms with Crippen LogP contribution in [-0.2, 0) is 14.8 Å². The van der Waals surface area contributed by atoms with Crippen molar-refractivity contribution in [1.82, 2.24) is 10.0 Å². The van der Waals surface area contributed by atoms with E-state index in [0.717, 1.165) is 0 Å². The number of hydrogen-bond acceptors (Lipinski definition) is 4. The van der Waals surface area contributed by atoms with Crippen molar-refractivity contribution in [2.24, 2.45) is 0 Å². The third kappa shape index (κ3) is 3.54. The molecule has 1 aromatic rings. The second-order valence-electron chi connectivity index (χ2n) is 3.31. The third-order valence-electron chi connectivity index (χ3n) is 2.10. The van der Waals surface area contributed by atoms with Gasteiger partial charge in [0, 0.05) is 5.56 Å². The lowest BCUT2D eigenvalue weighted by molar-refractivity contribution is -0.135. The van der Waals surface area contributed by atoms with Crippen LogP contribution in [-0.4, -0.2) is 39.0 Å². The standard InChI is InChI=1S/C10H12N2O5S/c1-11-18(16,17)8-4-2-7(3-5-8)10(15)12-6-9(13)14/h2-5,11H,6H2,1H3,(H,12,15)(H,13,14). The van der Waals surface area contributed by atoms with Gasteiger partial charge in [-0.05, 0) is 31.3 Å². The van der Waals surface area contributed by atoms with Gasteiger partial charge in [-0.25, -0.2) is 13.1 Å². The van der Waals surface area contributed by atoms with Crippen LogP contribution in [0.5, 0.6) is 0 Å². The van der Waals surface area contributed by atoms with E-state index in [1.165, 1.54) is 31.3 Å². The highest BCUT2D eigenvalue weighted by Crippen LogP contribution is 2.09. The predicted octanol–water partition coefficient (Wildman–Crippen LogP) is -0.591. The molecule has 0 aromatic heterocycles. The molecular weight excluding hydrogens is 260 g/mol. The van der Waals surface area contributed by atoms with Crippen molar-refractivity contribution in [3.05, 3.63) is 29.8 Å². The first kappa shape index (κ1) is 14.1. The van der Waals surface area contributed by atoms with Gasteiger partial charge < -0.3 is 10.4 Å². The Morgan fingerprint density at radius 3 is 2.22 bits per heavy atom. The quantitative estimate of drug-likeness (QED) is 0.663. The number of hydrogen-bond donors (Lipinski definition) is 3. The number of amides is 1. The van der Waals surface area contributed by atoms with E-state index in [2.05, 4.69) is 10.0 Å². The van der Waals surface area contributed by atoms with Gasteiger partial charge in [-0.15, -0.1) is 0 Å². The molecule has 1 rings (SSSR count). The lowest BCUT2D eigenvalue weighted by Gasteiger charge is -2.04. The lowest BCUT2D eigenvalue weighted by Crippen LogP contribution is -2.29. The maximum atomic E-state index is 11.4. The zero-order valence-electron chi connectivity index (χ0n) is 9.50. The van der Waals surface area contributed by atoms with E-state index in [-0.39, 0.29) is 10.5 Å². The third-order valence-corrected chi connectivity index (χ3v) is 3.53. The van der Waals surface area contributed by atoms with Gasteiger partial charge in [0.05, 0.1) is 4.90 Å². The summed E-state index contributed by atoms with van der Waals surface area (Å²) < 4.78 is 25.0. The van der Waals surface area contributed by atoms with Crippen LogP contribution in [0.15, 0.2) is 29.2 Å². The number of nitrogens with one attached hydrogen (secondary N) is 2. The molecule has 0 aliphatic heterocycles. The van der Waals surface area contributed by atoms with Gasteiger partial charge in [-0.3, -0.25) is 9.59 Å². The highest BCUT2D eigenvalue weighted by Gasteiger charge is 2.12. The molecule has 0 aliphatic carbocycles. The van der Waals surface area contributed by atoms with Crippen LogP contribution < -0.4 is 10.0 Å². The van der Waals surface area contributed by atoms with E-state index < -0.39 is 28.4 Å². The normalized spacial score (nSPS) is 10.9. The molecule has 18 heavy (non-hydrogen) atoms. The second kappa shape index (κ2) is 5.61. The summed E-state index contributed by atoms with van der Waals surface area (Å²) in [5.74, 6) is -1.73. The van der Waals surface area contributed by atoms with E-state index in [4.69, 9.17) is 5.11 Å². The topological polar surface area (TPSA) is 113 Å². The first-order valence-corrected chi connectivity index (χ1v) is 6.39. The van der Waals surface area contributed by atoms with Gasteiger partial charge in [0.25, 0.3) is 5.91 Å². The van der Waals surface area contributed by atoms with Crippen molar-refractivity contribution in [2.75, 3.05) is 13.6 Å². The van der Waals surface area contributed by atoms with Gasteiger partial charge in [0.15, 0.2) is 0 Å². The van der Waals surface area contributed by atoms with E-state index >= 15 is 0 Å². The molecule has 0 saturated heterocycles. The summed E-state index contributed by atoms with van der Waals surface area (Å²) in [5, 5.41) is 10.6. The Morgan fingerprint density at radius 1 is 1.22 bits per heavy atom. The molecule has 3 N–H and O–H groups in total. The minimum Gasteiger partial charge on any atom is -0.480 e. The van der Waals surface area contributed by atoms with Gasteiger partial charge in [0.2, 0.25) is 10.0 Å². The summed E-state index contributed by atoms with van der Waals surface area (Å²) in [7, 11) is -2.26. The molecule has 98 valence electrons. The maximum Gasteiger partial charge on any atom is 0.322 e. The summed E-state index contributed by atoms with van der Waals surface area (Å²) in [6, 6.07) is 5.14. The Labute approximate surface area is 104 Å². The van der Waals surface area contributed by atoms with E-state index in [0.29, 0.717) is 0 Å². The Hall–Kier alpha value is -1.93. The molecule has 0 atom stereocenters. The molecule has 0 radical (unpaired) electrons. The van der Waals surface area contributed by atoms with Crippen LogP contribution in [0.1, 0.15) is 10.4 Å². The fraction of sp³-hybridized carbons (Fsp3) is 0.200. The number of carboxylic acid groups (broad SMARTS) is 1. The maximum absolute atomic E-state index is 11.4. The predicted molar refractivity (Wildman–Crippen MR) is 62.7 cm³/mol. The molecule has 8 heteroatoms. The average molecular weight is 272 g/mol.